The fraction of sp³-hybridized carbons (Fsp3) is 0.333. The molecule has 1 aromatic carbocycles. The van der Waals surface area contributed by atoms with E-state index in [0.29, 0.717) is 0 Å². The SMILES string of the molecule is C=C(/C=C\C(=C/C)CC)c1ccc(CCC)cc1. The van der Waals surface area contributed by atoms with E-state index in [4.69, 9.17) is 0 Å². The number of benzene rings is 1. The molecule has 0 aliphatic rings. The molecule has 0 aromatic heterocycles. The maximum Gasteiger partial charge on any atom is -0.0190 e. The Balaban J connectivity index is 2.72. The number of aryl methyl sites for hydroxylation is 1. The van der Waals surface area contributed by atoms with E-state index in [2.05, 4.69) is 69.8 Å². The van der Waals surface area contributed by atoms with E-state index < -0.39 is 0 Å². The van der Waals surface area contributed by atoms with Crippen LogP contribution in [0.15, 0.2) is 54.6 Å². The summed E-state index contributed by atoms with van der Waals surface area (Å²) in [5, 5.41) is 0. The normalized spacial score (nSPS) is 12.1. The van der Waals surface area contributed by atoms with Crippen molar-refractivity contribution in [2.24, 2.45) is 0 Å². The Morgan fingerprint density at radius 2 is 1.78 bits per heavy atom. The molecule has 0 unspecified atom stereocenters. The lowest BCUT2D eigenvalue weighted by molar-refractivity contribution is 0.922. The zero-order chi connectivity index (χ0) is 13.4. The molecule has 0 spiro atoms. The van der Waals surface area contributed by atoms with Gasteiger partial charge in [-0.25, -0.2) is 0 Å². The predicted octanol–water partition coefficient (Wildman–Crippen LogP) is 5.56. The van der Waals surface area contributed by atoms with Crippen LogP contribution in [0.1, 0.15) is 44.7 Å². The summed E-state index contributed by atoms with van der Waals surface area (Å²) >= 11 is 0. The first-order valence-corrected chi connectivity index (χ1v) is 6.82. The van der Waals surface area contributed by atoms with Crippen LogP contribution in [0.2, 0.25) is 0 Å². The van der Waals surface area contributed by atoms with Crippen LogP contribution < -0.4 is 0 Å². The highest BCUT2D eigenvalue weighted by Crippen LogP contribution is 2.16. The maximum atomic E-state index is 4.13. The quantitative estimate of drug-likeness (QED) is 0.571. The van der Waals surface area contributed by atoms with Gasteiger partial charge < -0.3 is 0 Å². The highest BCUT2D eigenvalue weighted by atomic mass is 14.0. The van der Waals surface area contributed by atoms with Crippen molar-refractivity contribution < 1.29 is 0 Å². The number of rotatable bonds is 6. The van der Waals surface area contributed by atoms with Crippen molar-refractivity contribution in [1.29, 1.82) is 0 Å². The van der Waals surface area contributed by atoms with Gasteiger partial charge in [-0.3, -0.25) is 0 Å². The van der Waals surface area contributed by atoms with Gasteiger partial charge in [0.2, 0.25) is 0 Å². The molecule has 0 aliphatic carbocycles. The molecule has 0 fully saturated rings. The average molecular weight is 240 g/mol. The largest absolute Gasteiger partial charge is 0.0912 e. The Morgan fingerprint density at radius 3 is 2.28 bits per heavy atom. The first-order chi connectivity index (χ1) is 8.71. The highest BCUT2D eigenvalue weighted by Gasteiger charge is 1.96. The van der Waals surface area contributed by atoms with Crippen LogP contribution in [0.5, 0.6) is 0 Å². The fourth-order valence-corrected chi connectivity index (χ4v) is 1.90. The molecule has 0 heterocycles. The molecular weight excluding hydrogens is 216 g/mol. The highest BCUT2D eigenvalue weighted by molar-refractivity contribution is 5.72. The van der Waals surface area contributed by atoms with Crippen LogP contribution in [-0.2, 0) is 6.42 Å². The van der Waals surface area contributed by atoms with E-state index in [-0.39, 0.29) is 0 Å². The summed E-state index contributed by atoms with van der Waals surface area (Å²) in [5.74, 6) is 0. The molecule has 0 saturated heterocycles. The van der Waals surface area contributed by atoms with Gasteiger partial charge in [0.25, 0.3) is 0 Å². The van der Waals surface area contributed by atoms with Crippen LogP contribution in [-0.4, -0.2) is 0 Å². The molecule has 0 nitrogen and oxygen atoms in total. The van der Waals surface area contributed by atoms with Crippen LogP contribution in [0.3, 0.4) is 0 Å². The summed E-state index contributed by atoms with van der Waals surface area (Å²) in [7, 11) is 0. The summed E-state index contributed by atoms with van der Waals surface area (Å²) in [6, 6.07) is 8.74. The van der Waals surface area contributed by atoms with Gasteiger partial charge in [-0.1, -0.05) is 74.9 Å². The van der Waals surface area contributed by atoms with E-state index in [1.807, 2.05) is 0 Å². The second-order valence-electron chi connectivity index (χ2n) is 4.52. The molecule has 96 valence electrons. The van der Waals surface area contributed by atoms with Gasteiger partial charge in [0.1, 0.15) is 0 Å². The predicted molar refractivity (Wildman–Crippen MR) is 82.7 cm³/mol. The van der Waals surface area contributed by atoms with Crippen molar-refractivity contribution in [3.05, 3.63) is 65.8 Å². The second-order valence-corrected chi connectivity index (χ2v) is 4.52. The Hall–Kier alpha value is -1.56. The zero-order valence-corrected chi connectivity index (χ0v) is 11.9. The summed E-state index contributed by atoms with van der Waals surface area (Å²) in [5.41, 5.74) is 5.03. The van der Waals surface area contributed by atoms with Gasteiger partial charge in [0.05, 0.1) is 0 Å². The lowest BCUT2D eigenvalue weighted by atomic mass is 10.0. The first-order valence-electron chi connectivity index (χ1n) is 6.82. The summed E-state index contributed by atoms with van der Waals surface area (Å²) in [6.07, 6.45) is 9.82. The number of hydrogen-bond acceptors (Lipinski definition) is 0. The fourth-order valence-electron chi connectivity index (χ4n) is 1.90. The van der Waals surface area contributed by atoms with Crippen LogP contribution in [0.25, 0.3) is 5.57 Å². The van der Waals surface area contributed by atoms with Gasteiger partial charge in [-0.15, -0.1) is 0 Å². The number of hydrogen-bond donors (Lipinski definition) is 0. The summed E-state index contributed by atoms with van der Waals surface area (Å²) in [6.45, 7) is 10.6. The second kappa shape index (κ2) is 7.71. The van der Waals surface area contributed by atoms with E-state index in [1.165, 1.54) is 23.1 Å². The molecule has 1 rings (SSSR count). The van der Waals surface area contributed by atoms with Crippen LogP contribution >= 0.6 is 0 Å². The molecule has 1 aromatic rings. The maximum absolute atomic E-state index is 4.13. The first kappa shape index (κ1) is 14.5. The Morgan fingerprint density at radius 1 is 1.11 bits per heavy atom. The molecule has 0 aliphatic heterocycles. The summed E-state index contributed by atoms with van der Waals surface area (Å²) < 4.78 is 0. The average Bonchev–Trinajstić information content (AvgIpc) is 2.41. The molecule has 18 heavy (non-hydrogen) atoms. The van der Waals surface area contributed by atoms with Gasteiger partial charge in [-0.2, -0.15) is 0 Å². The molecule has 0 atom stereocenters. The third kappa shape index (κ3) is 4.37. The topological polar surface area (TPSA) is 0 Å². The third-order valence-corrected chi connectivity index (χ3v) is 3.14. The lowest BCUT2D eigenvalue weighted by Gasteiger charge is -2.03. The van der Waals surface area contributed by atoms with Crippen molar-refractivity contribution in [3.8, 4) is 0 Å². The van der Waals surface area contributed by atoms with E-state index in [0.717, 1.165) is 18.4 Å². The molecule has 0 amide bonds. The molecule has 0 saturated carbocycles. The van der Waals surface area contributed by atoms with Gasteiger partial charge >= 0.3 is 0 Å². The van der Waals surface area contributed by atoms with Gasteiger partial charge in [0.15, 0.2) is 0 Å². The van der Waals surface area contributed by atoms with Crippen LogP contribution in [0.4, 0.5) is 0 Å². The van der Waals surface area contributed by atoms with Crippen molar-refractivity contribution in [3.63, 3.8) is 0 Å². The lowest BCUT2D eigenvalue weighted by Crippen LogP contribution is -1.85. The monoisotopic (exact) mass is 240 g/mol. The van der Waals surface area contributed by atoms with Crippen molar-refractivity contribution >= 4 is 5.57 Å². The van der Waals surface area contributed by atoms with Crippen molar-refractivity contribution in [2.45, 2.75) is 40.0 Å². The smallest absolute Gasteiger partial charge is 0.0190 e. The standard InChI is InChI=1S/C18H24/c1-5-8-17-11-13-18(14-12-17)15(4)9-10-16(6-2)7-3/h6,9-14H,4-5,7-8H2,1-3H3/b10-9-,16-6-. The third-order valence-electron chi connectivity index (χ3n) is 3.14. The van der Waals surface area contributed by atoms with E-state index >= 15 is 0 Å². The van der Waals surface area contributed by atoms with Crippen LogP contribution in [0, 0.1) is 0 Å². The molecular formula is C18H24. The van der Waals surface area contributed by atoms with Gasteiger partial charge in [-0.05, 0) is 36.5 Å². The van der Waals surface area contributed by atoms with Crippen molar-refractivity contribution in [2.75, 3.05) is 0 Å². The zero-order valence-electron chi connectivity index (χ0n) is 11.9. The molecule has 0 heteroatoms. The van der Waals surface area contributed by atoms with E-state index in [1.54, 1.807) is 0 Å². The molecule has 0 radical (unpaired) electrons. The van der Waals surface area contributed by atoms with E-state index in [9.17, 15) is 0 Å². The Labute approximate surface area is 112 Å². The minimum Gasteiger partial charge on any atom is -0.0912 e. The Kier molecular flexibility index (Phi) is 6.21. The van der Waals surface area contributed by atoms with Gasteiger partial charge in [0, 0.05) is 0 Å². The minimum atomic E-state index is 1.07. The molecule has 0 N–H and O–H groups in total. The Bertz CT molecular complexity index is 430. The minimum absolute atomic E-state index is 1.07. The van der Waals surface area contributed by atoms with Crippen molar-refractivity contribution in [1.82, 2.24) is 0 Å². The summed E-state index contributed by atoms with van der Waals surface area (Å²) in [4.78, 5) is 0. The molecule has 0 bridgehead atoms. The number of allylic oxidation sites excluding steroid dienone is 5.